The molecule has 3 aromatic carbocycles. The Labute approximate surface area is 151 Å². The first-order valence-electron chi connectivity index (χ1n) is 7.84. The van der Waals surface area contributed by atoms with E-state index in [1.165, 1.54) is 0 Å². The van der Waals surface area contributed by atoms with Crippen LogP contribution in [0.3, 0.4) is 0 Å². The van der Waals surface area contributed by atoms with Crippen molar-refractivity contribution in [1.29, 1.82) is 0 Å². The van der Waals surface area contributed by atoms with Crippen LogP contribution in [0, 0.1) is 11.8 Å². The Morgan fingerprint density at radius 3 is 2.56 bits per heavy atom. The highest BCUT2D eigenvalue weighted by atomic mass is 35.5. The van der Waals surface area contributed by atoms with Crippen LogP contribution in [0.25, 0.3) is 10.8 Å². The minimum Gasteiger partial charge on any atom is -0.479 e. The number of amides is 1. The molecule has 1 amide bonds. The van der Waals surface area contributed by atoms with E-state index in [1.54, 1.807) is 12.1 Å². The monoisotopic (exact) mass is 349 g/mol. The molecular formula is C21H16ClNO2. The molecule has 0 aliphatic rings. The minimum atomic E-state index is -0.146. The number of ether oxygens (including phenoxy) is 1. The summed E-state index contributed by atoms with van der Waals surface area (Å²) in [5, 5.41) is 5.47. The van der Waals surface area contributed by atoms with Crippen LogP contribution in [0.5, 0.6) is 5.75 Å². The maximum Gasteiger partial charge on any atom is 0.252 e. The van der Waals surface area contributed by atoms with Crippen LogP contribution in [0.15, 0.2) is 66.7 Å². The number of fused-ring (bicyclic) bond motifs is 1. The van der Waals surface area contributed by atoms with E-state index in [2.05, 4.69) is 17.2 Å². The predicted molar refractivity (Wildman–Crippen MR) is 101 cm³/mol. The summed E-state index contributed by atoms with van der Waals surface area (Å²) >= 11 is 5.98. The molecule has 0 radical (unpaired) electrons. The van der Waals surface area contributed by atoms with E-state index in [-0.39, 0.29) is 19.1 Å². The second kappa shape index (κ2) is 8.23. The second-order valence-electron chi connectivity index (χ2n) is 5.32. The van der Waals surface area contributed by atoms with E-state index in [0.717, 1.165) is 10.8 Å². The first-order chi connectivity index (χ1) is 12.2. The van der Waals surface area contributed by atoms with Crippen LogP contribution in [0.4, 0.5) is 0 Å². The molecule has 0 spiro atoms. The van der Waals surface area contributed by atoms with Crippen molar-refractivity contribution in [2.24, 2.45) is 0 Å². The molecule has 0 unspecified atom stereocenters. The maximum atomic E-state index is 12.2. The smallest absolute Gasteiger partial charge is 0.252 e. The van der Waals surface area contributed by atoms with Gasteiger partial charge in [-0.05, 0) is 35.0 Å². The van der Waals surface area contributed by atoms with E-state index in [9.17, 15) is 4.79 Å². The van der Waals surface area contributed by atoms with Gasteiger partial charge in [0.15, 0.2) is 0 Å². The number of carbonyl (C=O) groups is 1. The van der Waals surface area contributed by atoms with Gasteiger partial charge in [0.25, 0.3) is 5.91 Å². The summed E-state index contributed by atoms with van der Waals surface area (Å²) in [4.78, 5) is 12.2. The molecular weight excluding hydrogens is 334 g/mol. The van der Waals surface area contributed by atoms with Gasteiger partial charge in [-0.2, -0.15) is 0 Å². The standard InChI is InChI=1S/C21H16ClNO2/c22-19-9-3-4-10-20(19)25-14-6-5-13-23-21(24)18-12-11-16-7-1-2-8-17(16)15-18/h1-4,7-12,15H,13-14H2,(H,23,24). The van der Waals surface area contributed by atoms with Gasteiger partial charge in [-0.1, -0.05) is 65.9 Å². The lowest BCUT2D eigenvalue weighted by atomic mass is 10.1. The van der Waals surface area contributed by atoms with Gasteiger partial charge in [0.2, 0.25) is 0 Å². The molecule has 0 atom stereocenters. The maximum absolute atomic E-state index is 12.2. The Morgan fingerprint density at radius 1 is 0.960 bits per heavy atom. The highest BCUT2D eigenvalue weighted by Crippen LogP contribution is 2.22. The van der Waals surface area contributed by atoms with E-state index in [0.29, 0.717) is 16.3 Å². The van der Waals surface area contributed by atoms with Crippen molar-refractivity contribution in [1.82, 2.24) is 5.32 Å². The number of carbonyl (C=O) groups excluding carboxylic acids is 1. The molecule has 124 valence electrons. The summed E-state index contributed by atoms with van der Waals surface area (Å²) in [5.41, 5.74) is 0.618. The number of nitrogens with one attached hydrogen (secondary N) is 1. The van der Waals surface area contributed by atoms with Crippen LogP contribution < -0.4 is 10.1 Å². The average Bonchev–Trinajstić information content (AvgIpc) is 2.65. The Hall–Kier alpha value is -2.96. The molecule has 0 saturated carbocycles. The SMILES string of the molecule is O=C(NCC#CCOc1ccccc1Cl)c1ccc2ccccc2c1. The average molecular weight is 350 g/mol. The number of hydrogen-bond acceptors (Lipinski definition) is 2. The third-order valence-corrected chi connectivity index (χ3v) is 3.92. The first kappa shape index (κ1) is 16.9. The molecule has 4 heteroatoms. The summed E-state index contributed by atoms with van der Waals surface area (Å²) in [6, 6.07) is 20.8. The molecule has 0 aliphatic heterocycles. The van der Waals surface area contributed by atoms with Gasteiger partial charge in [0.05, 0.1) is 11.6 Å². The highest BCUT2D eigenvalue weighted by Gasteiger charge is 2.04. The largest absolute Gasteiger partial charge is 0.479 e. The van der Waals surface area contributed by atoms with E-state index in [4.69, 9.17) is 16.3 Å². The fourth-order valence-corrected chi connectivity index (χ4v) is 2.54. The normalized spacial score (nSPS) is 9.96. The summed E-state index contributed by atoms with van der Waals surface area (Å²) in [6.07, 6.45) is 0. The third-order valence-electron chi connectivity index (χ3n) is 3.61. The van der Waals surface area contributed by atoms with Crippen molar-refractivity contribution in [2.45, 2.75) is 0 Å². The van der Waals surface area contributed by atoms with Gasteiger partial charge in [0.1, 0.15) is 12.4 Å². The minimum absolute atomic E-state index is 0.146. The first-order valence-corrected chi connectivity index (χ1v) is 8.22. The van der Waals surface area contributed by atoms with Gasteiger partial charge in [-0.15, -0.1) is 0 Å². The van der Waals surface area contributed by atoms with Gasteiger partial charge in [0, 0.05) is 5.56 Å². The molecule has 3 rings (SSSR count). The van der Waals surface area contributed by atoms with E-state index < -0.39 is 0 Å². The van der Waals surface area contributed by atoms with E-state index >= 15 is 0 Å². The van der Waals surface area contributed by atoms with Gasteiger partial charge >= 0.3 is 0 Å². The van der Waals surface area contributed by atoms with Crippen molar-refractivity contribution < 1.29 is 9.53 Å². The molecule has 0 saturated heterocycles. The number of rotatable bonds is 4. The zero-order valence-electron chi connectivity index (χ0n) is 13.5. The number of benzene rings is 3. The number of hydrogen-bond donors (Lipinski definition) is 1. The molecule has 1 N–H and O–H groups in total. The summed E-state index contributed by atoms with van der Waals surface area (Å²) < 4.78 is 5.46. The van der Waals surface area contributed by atoms with Crippen molar-refractivity contribution in [2.75, 3.05) is 13.2 Å². The quantitative estimate of drug-likeness (QED) is 0.713. The lowest BCUT2D eigenvalue weighted by Crippen LogP contribution is -2.23. The molecule has 25 heavy (non-hydrogen) atoms. The summed E-state index contributed by atoms with van der Waals surface area (Å²) in [6.45, 7) is 0.479. The van der Waals surface area contributed by atoms with Crippen LogP contribution >= 0.6 is 11.6 Å². The van der Waals surface area contributed by atoms with Crippen LogP contribution in [-0.4, -0.2) is 19.1 Å². The van der Waals surface area contributed by atoms with E-state index in [1.807, 2.05) is 54.6 Å². The zero-order valence-corrected chi connectivity index (χ0v) is 14.2. The number of para-hydroxylation sites is 1. The lowest BCUT2D eigenvalue weighted by molar-refractivity contribution is 0.0959. The van der Waals surface area contributed by atoms with Gasteiger partial charge < -0.3 is 10.1 Å². The topological polar surface area (TPSA) is 38.3 Å². The molecule has 3 aromatic rings. The van der Waals surface area contributed by atoms with Gasteiger partial charge in [-0.3, -0.25) is 4.79 Å². The molecule has 3 nitrogen and oxygen atoms in total. The van der Waals surface area contributed by atoms with Crippen LogP contribution in [0.2, 0.25) is 5.02 Å². The van der Waals surface area contributed by atoms with Crippen molar-refractivity contribution in [3.8, 4) is 17.6 Å². The van der Waals surface area contributed by atoms with Crippen molar-refractivity contribution >= 4 is 28.3 Å². The Kier molecular flexibility index (Phi) is 5.56. The fourth-order valence-electron chi connectivity index (χ4n) is 2.35. The van der Waals surface area contributed by atoms with Crippen molar-refractivity contribution in [3.63, 3.8) is 0 Å². The Bertz CT molecular complexity index is 957. The highest BCUT2D eigenvalue weighted by molar-refractivity contribution is 6.32. The summed E-state index contributed by atoms with van der Waals surface area (Å²) in [7, 11) is 0. The molecule has 0 fully saturated rings. The molecule has 0 aromatic heterocycles. The molecule has 0 bridgehead atoms. The second-order valence-corrected chi connectivity index (χ2v) is 5.72. The molecule has 0 aliphatic carbocycles. The lowest BCUT2D eigenvalue weighted by Gasteiger charge is -2.04. The fraction of sp³-hybridized carbons (Fsp3) is 0.0952. The Morgan fingerprint density at radius 2 is 1.72 bits per heavy atom. The van der Waals surface area contributed by atoms with Crippen LogP contribution in [-0.2, 0) is 0 Å². The van der Waals surface area contributed by atoms with Gasteiger partial charge in [-0.25, -0.2) is 0 Å². The van der Waals surface area contributed by atoms with Crippen molar-refractivity contribution in [3.05, 3.63) is 77.3 Å². The molecule has 0 heterocycles. The Balaban J connectivity index is 1.50. The predicted octanol–water partition coefficient (Wildman–Crippen LogP) is 4.31. The third kappa shape index (κ3) is 4.53. The van der Waals surface area contributed by atoms with Crippen LogP contribution in [0.1, 0.15) is 10.4 Å². The summed E-state index contributed by atoms with van der Waals surface area (Å²) in [5.74, 6) is 6.16. The zero-order chi connectivity index (χ0) is 17.5. The number of halogens is 1.